The zero-order valence-corrected chi connectivity index (χ0v) is 14.3. The lowest BCUT2D eigenvalue weighted by Gasteiger charge is -2.05. The van der Waals surface area contributed by atoms with Crippen molar-refractivity contribution in [3.8, 4) is 11.4 Å². The summed E-state index contributed by atoms with van der Waals surface area (Å²) in [5, 5.41) is 2.90. The number of amides is 1. The van der Waals surface area contributed by atoms with E-state index in [0.29, 0.717) is 16.9 Å². The van der Waals surface area contributed by atoms with Crippen LogP contribution in [-0.4, -0.2) is 15.9 Å². The normalized spacial score (nSPS) is 10.8. The van der Waals surface area contributed by atoms with Gasteiger partial charge in [-0.15, -0.1) is 0 Å². The molecule has 0 saturated heterocycles. The van der Waals surface area contributed by atoms with Gasteiger partial charge >= 0.3 is 0 Å². The maximum Gasteiger partial charge on any atom is 0.255 e. The summed E-state index contributed by atoms with van der Waals surface area (Å²) in [6, 6.07) is 20.6. The van der Waals surface area contributed by atoms with Crippen molar-refractivity contribution in [3.63, 3.8) is 0 Å². The summed E-state index contributed by atoms with van der Waals surface area (Å²) in [6.07, 6.45) is 0. The van der Waals surface area contributed by atoms with Crippen molar-refractivity contribution in [3.05, 3.63) is 77.9 Å². The molecule has 0 saturated carbocycles. The van der Waals surface area contributed by atoms with Gasteiger partial charge in [0.05, 0.1) is 11.0 Å². The second-order valence-corrected chi connectivity index (χ2v) is 6.26. The topological polar surface area (TPSA) is 83.8 Å². The third-order valence-corrected chi connectivity index (χ3v) is 4.24. The largest absolute Gasteiger partial charge is 0.399 e. The molecule has 0 atom stereocenters. The highest BCUT2D eigenvalue weighted by atomic mass is 16.1. The van der Waals surface area contributed by atoms with Gasteiger partial charge in [-0.25, -0.2) is 4.98 Å². The monoisotopic (exact) mass is 342 g/mol. The van der Waals surface area contributed by atoms with Gasteiger partial charge in [0.1, 0.15) is 5.82 Å². The number of H-pyrrole nitrogens is 1. The molecular formula is C21H18N4O. The van der Waals surface area contributed by atoms with Crippen molar-refractivity contribution < 1.29 is 4.79 Å². The zero-order chi connectivity index (χ0) is 18.1. The van der Waals surface area contributed by atoms with Gasteiger partial charge < -0.3 is 16.0 Å². The number of carbonyl (C=O) groups is 1. The van der Waals surface area contributed by atoms with Gasteiger partial charge in [0.25, 0.3) is 5.91 Å². The molecule has 0 spiro atoms. The average Bonchev–Trinajstić information content (AvgIpc) is 3.06. The number of nitrogen functional groups attached to an aromatic ring is 1. The van der Waals surface area contributed by atoms with E-state index in [1.54, 1.807) is 24.3 Å². The van der Waals surface area contributed by atoms with Gasteiger partial charge in [-0.3, -0.25) is 4.79 Å². The molecule has 0 bridgehead atoms. The summed E-state index contributed by atoms with van der Waals surface area (Å²) < 4.78 is 0. The Kier molecular flexibility index (Phi) is 3.89. The van der Waals surface area contributed by atoms with Crippen LogP contribution in [-0.2, 0) is 0 Å². The Bertz CT molecular complexity index is 1080. The van der Waals surface area contributed by atoms with Gasteiger partial charge in [0.2, 0.25) is 0 Å². The Morgan fingerprint density at radius 2 is 1.73 bits per heavy atom. The molecule has 0 aliphatic carbocycles. The smallest absolute Gasteiger partial charge is 0.255 e. The van der Waals surface area contributed by atoms with Crippen molar-refractivity contribution in [1.82, 2.24) is 9.97 Å². The highest BCUT2D eigenvalue weighted by Crippen LogP contribution is 2.23. The van der Waals surface area contributed by atoms with Crippen molar-refractivity contribution in [2.45, 2.75) is 6.92 Å². The molecule has 128 valence electrons. The molecule has 26 heavy (non-hydrogen) atoms. The van der Waals surface area contributed by atoms with Gasteiger partial charge in [-0.05, 0) is 49.4 Å². The number of nitrogens with one attached hydrogen (secondary N) is 2. The second kappa shape index (κ2) is 6.37. The summed E-state index contributed by atoms with van der Waals surface area (Å²) in [5.41, 5.74) is 11.5. The fraction of sp³-hybridized carbons (Fsp3) is 0.0476. The van der Waals surface area contributed by atoms with Crippen molar-refractivity contribution in [2.24, 2.45) is 0 Å². The van der Waals surface area contributed by atoms with Crippen LogP contribution in [0.2, 0.25) is 0 Å². The molecule has 1 amide bonds. The number of aromatic amines is 1. The highest BCUT2D eigenvalue weighted by Gasteiger charge is 2.09. The van der Waals surface area contributed by atoms with Gasteiger partial charge in [0, 0.05) is 22.5 Å². The number of carbonyl (C=O) groups excluding carboxylic acids is 1. The maximum absolute atomic E-state index is 12.3. The van der Waals surface area contributed by atoms with Crippen molar-refractivity contribution >= 4 is 28.3 Å². The molecule has 4 aromatic rings. The van der Waals surface area contributed by atoms with E-state index >= 15 is 0 Å². The van der Waals surface area contributed by atoms with Gasteiger partial charge in [-0.1, -0.05) is 29.8 Å². The standard InChI is InChI=1S/C21H18N4O/c1-13-2-4-14(5-3-13)20-24-18-11-10-17(12-19(18)25-20)23-21(26)15-6-8-16(22)9-7-15/h2-12H,22H2,1H3,(H,23,26)(H,24,25). The minimum Gasteiger partial charge on any atom is -0.399 e. The first-order valence-corrected chi connectivity index (χ1v) is 8.32. The Morgan fingerprint density at radius 3 is 2.46 bits per heavy atom. The Balaban J connectivity index is 1.60. The molecule has 1 aromatic heterocycles. The van der Waals surface area contributed by atoms with Crippen LogP contribution in [0.3, 0.4) is 0 Å². The lowest BCUT2D eigenvalue weighted by Crippen LogP contribution is -2.11. The van der Waals surface area contributed by atoms with E-state index in [0.717, 1.165) is 22.4 Å². The Labute approximate surface area is 150 Å². The Hall–Kier alpha value is -3.60. The van der Waals surface area contributed by atoms with E-state index in [4.69, 9.17) is 5.73 Å². The number of hydrogen-bond acceptors (Lipinski definition) is 3. The van der Waals surface area contributed by atoms with Gasteiger partial charge in [-0.2, -0.15) is 0 Å². The second-order valence-electron chi connectivity index (χ2n) is 6.26. The summed E-state index contributed by atoms with van der Waals surface area (Å²) in [5.74, 6) is 0.629. The molecule has 4 N–H and O–H groups in total. The quantitative estimate of drug-likeness (QED) is 0.483. The number of aryl methyl sites for hydroxylation is 1. The molecule has 5 heteroatoms. The fourth-order valence-corrected chi connectivity index (χ4v) is 2.77. The average molecular weight is 342 g/mol. The molecule has 0 aliphatic heterocycles. The first-order chi connectivity index (χ1) is 12.6. The molecule has 5 nitrogen and oxygen atoms in total. The van der Waals surface area contributed by atoms with Crippen LogP contribution in [0.4, 0.5) is 11.4 Å². The lowest BCUT2D eigenvalue weighted by molar-refractivity contribution is 0.102. The third-order valence-electron chi connectivity index (χ3n) is 4.24. The van der Waals surface area contributed by atoms with E-state index in [1.807, 2.05) is 30.3 Å². The summed E-state index contributed by atoms with van der Waals surface area (Å²) >= 11 is 0. The maximum atomic E-state index is 12.3. The summed E-state index contributed by atoms with van der Waals surface area (Å²) in [4.78, 5) is 20.3. The van der Waals surface area contributed by atoms with Crippen molar-refractivity contribution in [1.29, 1.82) is 0 Å². The number of hydrogen-bond donors (Lipinski definition) is 3. The number of nitrogens with zero attached hydrogens (tertiary/aromatic N) is 1. The first kappa shape index (κ1) is 15.9. The molecule has 0 radical (unpaired) electrons. The van der Waals surface area contributed by atoms with Crippen LogP contribution in [0.5, 0.6) is 0 Å². The number of imidazole rings is 1. The predicted octanol–water partition coefficient (Wildman–Crippen LogP) is 4.37. The van der Waals surface area contributed by atoms with E-state index in [2.05, 4.69) is 34.3 Å². The first-order valence-electron chi connectivity index (χ1n) is 8.32. The van der Waals surface area contributed by atoms with E-state index in [9.17, 15) is 4.79 Å². The predicted molar refractivity (Wildman–Crippen MR) is 105 cm³/mol. The van der Waals surface area contributed by atoms with Crippen molar-refractivity contribution in [2.75, 3.05) is 11.1 Å². The molecule has 4 rings (SSSR count). The summed E-state index contributed by atoms with van der Waals surface area (Å²) in [7, 11) is 0. The van der Waals surface area contributed by atoms with Crippen LogP contribution in [0.1, 0.15) is 15.9 Å². The molecule has 1 heterocycles. The van der Waals surface area contributed by atoms with E-state index < -0.39 is 0 Å². The molecule has 3 aromatic carbocycles. The minimum absolute atomic E-state index is 0.178. The van der Waals surface area contributed by atoms with E-state index in [1.165, 1.54) is 5.56 Å². The lowest BCUT2D eigenvalue weighted by atomic mass is 10.1. The molecule has 0 fully saturated rings. The zero-order valence-electron chi connectivity index (χ0n) is 14.3. The number of nitrogens with two attached hydrogens (primary N) is 1. The number of anilines is 2. The number of rotatable bonds is 3. The highest BCUT2D eigenvalue weighted by molar-refractivity contribution is 6.05. The molecule has 0 aliphatic rings. The minimum atomic E-state index is -0.178. The van der Waals surface area contributed by atoms with E-state index in [-0.39, 0.29) is 5.91 Å². The van der Waals surface area contributed by atoms with Crippen LogP contribution in [0, 0.1) is 6.92 Å². The third kappa shape index (κ3) is 3.15. The van der Waals surface area contributed by atoms with Crippen LogP contribution in [0.15, 0.2) is 66.7 Å². The Morgan fingerprint density at radius 1 is 1.00 bits per heavy atom. The summed E-state index contributed by atoms with van der Waals surface area (Å²) in [6.45, 7) is 2.05. The molecular weight excluding hydrogens is 324 g/mol. The van der Waals surface area contributed by atoms with Crippen LogP contribution >= 0.6 is 0 Å². The van der Waals surface area contributed by atoms with Crippen LogP contribution in [0.25, 0.3) is 22.4 Å². The number of benzene rings is 3. The fourth-order valence-electron chi connectivity index (χ4n) is 2.77. The molecule has 0 unspecified atom stereocenters. The SMILES string of the molecule is Cc1ccc(-c2nc3ccc(NC(=O)c4ccc(N)cc4)cc3[nH]2)cc1. The van der Waals surface area contributed by atoms with Crippen LogP contribution < -0.4 is 11.1 Å². The van der Waals surface area contributed by atoms with Gasteiger partial charge in [0.15, 0.2) is 0 Å². The number of fused-ring (bicyclic) bond motifs is 1. The number of aromatic nitrogens is 2.